The number of urea groups is 1. The van der Waals surface area contributed by atoms with Crippen LogP contribution in [0.3, 0.4) is 0 Å². The number of aromatic nitrogens is 1. The molecule has 2 aromatic rings. The van der Waals surface area contributed by atoms with E-state index < -0.39 is 6.04 Å². The van der Waals surface area contributed by atoms with Crippen molar-refractivity contribution in [2.45, 2.75) is 44.4 Å². The average Bonchev–Trinajstić information content (AvgIpc) is 3.19. The molecular formula is C20H25N3O3. The molecule has 1 aliphatic rings. The maximum atomic E-state index is 12.1. The van der Waals surface area contributed by atoms with Crippen LogP contribution >= 0.6 is 0 Å². The van der Waals surface area contributed by atoms with Crippen LogP contribution in [0.2, 0.25) is 0 Å². The number of carbonyl (C=O) groups is 1. The molecule has 138 valence electrons. The highest BCUT2D eigenvalue weighted by Gasteiger charge is 2.17. The number of amides is 2. The number of nitrogens with zero attached hydrogens (tertiary/aromatic N) is 1. The normalized spacial score (nSPS) is 15.4. The van der Waals surface area contributed by atoms with Crippen LogP contribution in [0.15, 0.2) is 48.7 Å². The zero-order chi connectivity index (χ0) is 18.2. The third-order valence-corrected chi connectivity index (χ3v) is 4.53. The second-order valence-corrected chi connectivity index (χ2v) is 6.50. The summed E-state index contributed by atoms with van der Waals surface area (Å²) in [6.45, 7) is 0.196. The molecule has 6 heteroatoms. The molecule has 26 heavy (non-hydrogen) atoms. The molecule has 0 radical (unpaired) electrons. The van der Waals surface area contributed by atoms with Gasteiger partial charge in [0.25, 0.3) is 0 Å². The van der Waals surface area contributed by atoms with E-state index in [1.54, 1.807) is 6.20 Å². The van der Waals surface area contributed by atoms with Crippen molar-refractivity contribution in [2.75, 3.05) is 6.61 Å². The van der Waals surface area contributed by atoms with Crippen LogP contribution in [0.4, 0.5) is 4.79 Å². The Morgan fingerprint density at radius 3 is 2.62 bits per heavy atom. The average molecular weight is 355 g/mol. The SMILES string of the molecule is O=C(NCc1ccc(OC2CCCC2)nc1)N[C@H](CO)c1ccccc1. The molecular weight excluding hydrogens is 330 g/mol. The van der Waals surface area contributed by atoms with Gasteiger partial charge in [-0.15, -0.1) is 0 Å². The topological polar surface area (TPSA) is 83.5 Å². The van der Waals surface area contributed by atoms with E-state index in [9.17, 15) is 9.90 Å². The second-order valence-electron chi connectivity index (χ2n) is 6.50. The number of ether oxygens (including phenoxy) is 1. The maximum absolute atomic E-state index is 12.1. The number of hydrogen-bond acceptors (Lipinski definition) is 4. The lowest BCUT2D eigenvalue weighted by molar-refractivity contribution is 0.201. The number of pyridine rings is 1. The summed E-state index contributed by atoms with van der Waals surface area (Å²) in [6, 6.07) is 12.4. The highest BCUT2D eigenvalue weighted by molar-refractivity contribution is 5.74. The molecule has 1 fully saturated rings. The van der Waals surface area contributed by atoms with Gasteiger partial charge in [0.05, 0.1) is 12.6 Å². The van der Waals surface area contributed by atoms with Gasteiger partial charge in [0.1, 0.15) is 6.10 Å². The first-order chi connectivity index (χ1) is 12.7. The molecule has 0 bridgehead atoms. The lowest BCUT2D eigenvalue weighted by Crippen LogP contribution is -2.38. The minimum Gasteiger partial charge on any atom is -0.474 e. The van der Waals surface area contributed by atoms with Gasteiger partial charge in [-0.3, -0.25) is 0 Å². The summed E-state index contributed by atoms with van der Waals surface area (Å²) in [7, 11) is 0. The molecule has 3 rings (SSSR count). The predicted molar refractivity (Wildman–Crippen MR) is 98.8 cm³/mol. The van der Waals surface area contributed by atoms with Gasteiger partial charge in [0.15, 0.2) is 0 Å². The Labute approximate surface area is 153 Å². The number of nitrogens with one attached hydrogen (secondary N) is 2. The Morgan fingerprint density at radius 2 is 1.96 bits per heavy atom. The lowest BCUT2D eigenvalue weighted by atomic mass is 10.1. The van der Waals surface area contributed by atoms with Gasteiger partial charge in [0.2, 0.25) is 5.88 Å². The molecule has 1 aromatic heterocycles. The summed E-state index contributed by atoms with van der Waals surface area (Å²) in [4.78, 5) is 16.4. The standard InChI is InChI=1S/C20H25N3O3/c24-14-18(16-6-2-1-3-7-16)23-20(25)22-13-15-10-11-19(21-12-15)26-17-8-4-5-9-17/h1-3,6-7,10-12,17-18,24H,4-5,8-9,13-14H2,(H2,22,23,25)/t18-/m1/s1. The number of benzene rings is 1. The molecule has 1 aliphatic carbocycles. The first kappa shape index (κ1) is 18.2. The Hall–Kier alpha value is -2.60. The fourth-order valence-electron chi connectivity index (χ4n) is 3.07. The number of carbonyl (C=O) groups excluding carboxylic acids is 1. The van der Waals surface area contributed by atoms with Gasteiger partial charge >= 0.3 is 6.03 Å². The van der Waals surface area contributed by atoms with Gasteiger partial charge in [-0.1, -0.05) is 36.4 Å². The van der Waals surface area contributed by atoms with Gasteiger partial charge in [-0.05, 0) is 36.8 Å². The van der Waals surface area contributed by atoms with E-state index in [0.29, 0.717) is 12.4 Å². The first-order valence-electron chi connectivity index (χ1n) is 9.06. The van der Waals surface area contributed by atoms with E-state index in [-0.39, 0.29) is 18.7 Å². The number of aliphatic hydroxyl groups excluding tert-OH is 1. The monoisotopic (exact) mass is 355 g/mol. The fraction of sp³-hybridized carbons (Fsp3) is 0.400. The molecule has 1 heterocycles. The maximum Gasteiger partial charge on any atom is 0.315 e. The van der Waals surface area contributed by atoms with E-state index >= 15 is 0 Å². The summed E-state index contributed by atoms with van der Waals surface area (Å²) in [5, 5.41) is 15.0. The van der Waals surface area contributed by atoms with Crippen molar-refractivity contribution in [3.8, 4) is 5.88 Å². The molecule has 6 nitrogen and oxygen atoms in total. The van der Waals surface area contributed by atoms with Crippen LogP contribution in [0.5, 0.6) is 5.88 Å². The van der Waals surface area contributed by atoms with E-state index in [4.69, 9.17) is 4.74 Å². The highest BCUT2D eigenvalue weighted by atomic mass is 16.5. The van der Waals surface area contributed by atoms with Crippen LogP contribution in [-0.4, -0.2) is 28.8 Å². The van der Waals surface area contributed by atoms with Gasteiger partial charge < -0.3 is 20.5 Å². The molecule has 0 spiro atoms. The summed E-state index contributed by atoms with van der Waals surface area (Å²) in [5.41, 5.74) is 1.75. The molecule has 0 saturated heterocycles. The molecule has 1 atom stereocenters. The minimum atomic E-state index is -0.434. The number of aliphatic hydroxyl groups is 1. The van der Waals surface area contributed by atoms with Crippen LogP contribution < -0.4 is 15.4 Å². The molecule has 3 N–H and O–H groups in total. The van der Waals surface area contributed by atoms with Crippen LogP contribution in [0.25, 0.3) is 0 Å². The summed E-state index contributed by atoms with van der Waals surface area (Å²) >= 11 is 0. The van der Waals surface area contributed by atoms with Crippen molar-refractivity contribution in [1.82, 2.24) is 15.6 Å². The second kappa shape index (κ2) is 9.20. The fourth-order valence-corrected chi connectivity index (χ4v) is 3.07. The van der Waals surface area contributed by atoms with Crippen LogP contribution in [-0.2, 0) is 6.54 Å². The van der Waals surface area contributed by atoms with Crippen molar-refractivity contribution in [3.05, 3.63) is 59.8 Å². The predicted octanol–water partition coefficient (Wildman–Crippen LogP) is 2.94. The molecule has 0 unspecified atom stereocenters. The zero-order valence-corrected chi connectivity index (χ0v) is 14.7. The third kappa shape index (κ3) is 5.20. The van der Waals surface area contributed by atoms with E-state index in [1.807, 2.05) is 42.5 Å². The van der Waals surface area contributed by atoms with Crippen molar-refractivity contribution >= 4 is 6.03 Å². The smallest absolute Gasteiger partial charge is 0.315 e. The van der Waals surface area contributed by atoms with Crippen molar-refractivity contribution in [2.24, 2.45) is 0 Å². The quantitative estimate of drug-likeness (QED) is 0.713. The number of hydrogen-bond donors (Lipinski definition) is 3. The first-order valence-corrected chi connectivity index (χ1v) is 9.06. The van der Waals surface area contributed by atoms with Crippen LogP contribution in [0.1, 0.15) is 42.9 Å². The zero-order valence-electron chi connectivity index (χ0n) is 14.7. The van der Waals surface area contributed by atoms with Gasteiger partial charge in [-0.2, -0.15) is 0 Å². The summed E-state index contributed by atoms with van der Waals surface area (Å²) in [5.74, 6) is 0.634. The van der Waals surface area contributed by atoms with Crippen molar-refractivity contribution in [3.63, 3.8) is 0 Å². The summed E-state index contributed by atoms with van der Waals surface area (Å²) in [6.07, 6.45) is 6.63. The van der Waals surface area contributed by atoms with E-state index in [0.717, 1.165) is 24.0 Å². The largest absolute Gasteiger partial charge is 0.474 e. The summed E-state index contributed by atoms with van der Waals surface area (Å²) < 4.78 is 5.83. The molecule has 0 aliphatic heterocycles. The Bertz CT molecular complexity index is 685. The van der Waals surface area contributed by atoms with Gasteiger partial charge in [0, 0.05) is 18.8 Å². The molecule has 1 aromatic carbocycles. The lowest BCUT2D eigenvalue weighted by Gasteiger charge is -2.17. The van der Waals surface area contributed by atoms with Crippen molar-refractivity contribution < 1.29 is 14.6 Å². The minimum absolute atomic E-state index is 0.161. The van der Waals surface area contributed by atoms with Crippen molar-refractivity contribution in [1.29, 1.82) is 0 Å². The van der Waals surface area contributed by atoms with E-state index in [2.05, 4.69) is 15.6 Å². The van der Waals surface area contributed by atoms with Gasteiger partial charge in [-0.25, -0.2) is 9.78 Å². The van der Waals surface area contributed by atoms with E-state index in [1.165, 1.54) is 12.8 Å². The Morgan fingerprint density at radius 1 is 1.19 bits per heavy atom. The third-order valence-electron chi connectivity index (χ3n) is 4.53. The highest BCUT2D eigenvalue weighted by Crippen LogP contribution is 2.22. The molecule has 1 saturated carbocycles. The Balaban J connectivity index is 1.46. The Kier molecular flexibility index (Phi) is 6.44. The van der Waals surface area contributed by atoms with Crippen LogP contribution in [0, 0.1) is 0 Å². The molecule has 2 amide bonds. The number of rotatable bonds is 7.